The third kappa shape index (κ3) is 4.14. The van der Waals surface area contributed by atoms with Crippen molar-refractivity contribution in [3.8, 4) is 5.75 Å². The van der Waals surface area contributed by atoms with Crippen LogP contribution in [0.5, 0.6) is 5.75 Å². The van der Waals surface area contributed by atoms with Gasteiger partial charge in [0.25, 0.3) is 5.60 Å². The zero-order chi connectivity index (χ0) is 27.4. The molecule has 0 saturated heterocycles. The highest BCUT2D eigenvalue weighted by Crippen LogP contribution is 2.45. The molecule has 1 aromatic heterocycles. The summed E-state index contributed by atoms with van der Waals surface area (Å²) in [4.78, 5) is 24.4. The number of alkyl halides is 6. The van der Waals surface area contributed by atoms with E-state index in [4.69, 9.17) is 9.90 Å². The topological polar surface area (TPSA) is 76.7 Å². The monoisotopic (exact) mass is 464 g/mol. The quantitative estimate of drug-likeness (QED) is 0.329. The van der Waals surface area contributed by atoms with Crippen molar-refractivity contribution in [1.29, 1.82) is 0 Å². The maximum absolute atomic E-state index is 13.0. The summed E-state index contributed by atoms with van der Waals surface area (Å²) in [5.41, 5.74) is -7.45. The summed E-state index contributed by atoms with van der Waals surface area (Å²) in [5, 5.41) is 10.1. The number of rotatable bonds is 4. The molecular formula is C21H14F6O5. The van der Waals surface area contributed by atoms with Gasteiger partial charge in [0.1, 0.15) is 11.3 Å². The van der Waals surface area contributed by atoms with Crippen LogP contribution in [0.1, 0.15) is 33.9 Å². The van der Waals surface area contributed by atoms with Crippen LogP contribution >= 0.6 is 0 Å². The Labute approximate surface area is 181 Å². The van der Waals surface area contributed by atoms with Crippen molar-refractivity contribution in [2.24, 2.45) is 0 Å². The molecule has 1 N–H and O–H groups in total. The molecule has 0 saturated carbocycles. The maximum atomic E-state index is 13.0. The smallest absolute Gasteiger partial charge is 0.437 e. The van der Waals surface area contributed by atoms with Crippen molar-refractivity contribution in [2.75, 3.05) is 0 Å². The molecule has 0 aliphatic carbocycles. The molecule has 0 aliphatic rings. The zero-order valence-corrected chi connectivity index (χ0v) is 15.9. The van der Waals surface area contributed by atoms with Gasteiger partial charge in [-0.3, -0.25) is 0 Å². The number of hydrogen-bond acceptors (Lipinski definition) is 5. The van der Waals surface area contributed by atoms with Gasteiger partial charge in [-0.2, -0.15) is 26.3 Å². The van der Waals surface area contributed by atoms with Crippen molar-refractivity contribution in [2.45, 2.75) is 31.3 Å². The van der Waals surface area contributed by atoms with Gasteiger partial charge in [-0.15, -0.1) is 0 Å². The van der Waals surface area contributed by atoms with Crippen molar-refractivity contribution in [3.05, 3.63) is 75.5 Å². The number of aromatic hydroxyl groups is 1. The first-order valence-corrected chi connectivity index (χ1v) is 8.61. The molecule has 0 amide bonds. The minimum atomic E-state index is -5.95. The summed E-state index contributed by atoms with van der Waals surface area (Å²) < 4.78 is 118. The van der Waals surface area contributed by atoms with Crippen LogP contribution in [0.2, 0.25) is 0 Å². The third-order valence-corrected chi connectivity index (χ3v) is 4.57. The summed E-state index contributed by atoms with van der Waals surface area (Å²) in [5.74, 6) is -2.72. The highest BCUT2D eigenvalue weighted by atomic mass is 19.4. The van der Waals surface area contributed by atoms with Crippen LogP contribution in [0.4, 0.5) is 26.3 Å². The molecule has 0 atom stereocenters. The lowest BCUT2D eigenvalue weighted by Crippen LogP contribution is -2.57. The van der Waals surface area contributed by atoms with Gasteiger partial charge >= 0.3 is 23.9 Å². The van der Waals surface area contributed by atoms with E-state index in [1.165, 1.54) is 0 Å². The molecule has 3 aromatic rings. The molecule has 11 heteroatoms. The molecule has 0 aliphatic heterocycles. The Morgan fingerprint density at radius 1 is 1.06 bits per heavy atom. The van der Waals surface area contributed by atoms with E-state index in [1.54, 1.807) is 0 Å². The lowest BCUT2D eigenvalue weighted by atomic mass is 10.0. The summed E-state index contributed by atoms with van der Waals surface area (Å²) in [7, 11) is 0. The minimum Gasteiger partial charge on any atom is -0.507 e. The summed E-state index contributed by atoms with van der Waals surface area (Å²) in [6.07, 6.45) is -12.3. The fourth-order valence-electron chi connectivity index (χ4n) is 2.59. The van der Waals surface area contributed by atoms with Gasteiger partial charge in [0.2, 0.25) is 0 Å². The average molecular weight is 464 g/mol. The molecule has 0 spiro atoms. The molecular weight excluding hydrogens is 446 g/mol. The minimum absolute atomic E-state index is 0.142. The predicted octanol–water partition coefficient (Wildman–Crippen LogP) is 5.13. The van der Waals surface area contributed by atoms with Crippen molar-refractivity contribution in [1.82, 2.24) is 0 Å². The SMILES string of the molecule is [2H]c1c([2H])c([2H])c2c(O)c(Cc3ccc(C(=O)OC(C)(C(F)(F)F)C(F)(F)F)cc3)c(=O)oc2c1[2H]. The van der Waals surface area contributed by atoms with Crippen LogP contribution in [0.25, 0.3) is 11.0 Å². The van der Waals surface area contributed by atoms with E-state index in [2.05, 4.69) is 4.74 Å². The normalized spacial score (nSPS) is 14.5. The number of halogens is 6. The molecule has 3 rings (SSSR count). The van der Waals surface area contributed by atoms with Gasteiger partial charge in [-0.1, -0.05) is 24.2 Å². The van der Waals surface area contributed by atoms with Crippen LogP contribution in [0, 0.1) is 0 Å². The Hall–Kier alpha value is -3.50. The summed E-state index contributed by atoms with van der Waals surface area (Å²) in [6.45, 7) is -0.324. The predicted molar refractivity (Wildman–Crippen MR) is 99.3 cm³/mol. The number of hydrogen-bond donors (Lipinski definition) is 1. The van der Waals surface area contributed by atoms with Gasteiger partial charge in [-0.25, -0.2) is 9.59 Å². The molecule has 170 valence electrons. The van der Waals surface area contributed by atoms with Gasteiger partial charge in [0, 0.05) is 6.42 Å². The fraction of sp³-hybridized carbons (Fsp3) is 0.238. The van der Waals surface area contributed by atoms with Crippen LogP contribution in [0.15, 0.2) is 57.6 Å². The molecule has 0 fully saturated rings. The zero-order valence-electron chi connectivity index (χ0n) is 19.9. The highest BCUT2D eigenvalue weighted by molar-refractivity contribution is 5.90. The van der Waals surface area contributed by atoms with Crippen molar-refractivity contribution in [3.63, 3.8) is 0 Å². The number of fused-ring (bicyclic) bond motifs is 1. The fourth-order valence-corrected chi connectivity index (χ4v) is 2.59. The van der Waals surface area contributed by atoms with Crippen LogP contribution in [-0.2, 0) is 11.2 Å². The molecule has 32 heavy (non-hydrogen) atoms. The Kier molecular flexibility index (Phi) is 4.46. The van der Waals surface area contributed by atoms with Gasteiger partial charge < -0.3 is 14.3 Å². The second kappa shape index (κ2) is 7.88. The molecule has 1 heterocycles. The second-order valence-corrected chi connectivity index (χ2v) is 6.71. The highest BCUT2D eigenvalue weighted by Gasteiger charge is 2.71. The number of carbonyl (C=O) groups is 1. The molecule has 5 nitrogen and oxygen atoms in total. The molecule has 0 unspecified atom stereocenters. The van der Waals surface area contributed by atoms with E-state index in [1.807, 2.05) is 0 Å². The van der Waals surface area contributed by atoms with Crippen molar-refractivity contribution < 1.29 is 50.9 Å². The third-order valence-electron chi connectivity index (χ3n) is 4.57. The average Bonchev–Trinajstić information content (AvgIpc) is 2.77. The van der Waals surface area contributed by atoms with Crippen LogP contribution in [0.3, 0.4) is 0 Å². The van der Waals surface area contributed by atoms with Gasteiger partial charge in [0.15, 0.2) is 0 Å². The first-order chi connectivity index (χ1) is 16.4. The summed E-state index contributed by atoms with van der Waals surface area (Å²) in [6, 6.07) is 1.05. The molecule has 2 aromatic carbocycles. The Morgan fingerprint density at radius 3 is 2.19 bits per heavy atom. The van der Waals surface area contributed by atoms with E-state index in [-0.39, 0.29) is 12.5 Å². The number of benzene rings is 2. The molecule has 0 radical (unpaired) electrons. The maximum Gasteiger partial charge on any atom is 0.437 e. The Bertz CT molecular complexity index is 1400. The van der Waals surface area contributed by atoms with Gasteiger partial charge in [0.05, 0.1) is 22.0 Å². The van der Waals surface area contributed by atoms with E-state index < -0.39 is 88.0 Å². The molecule has 0 bridgehead atoms. The number of para-hydroxylation sites is 1. The largest absolute Gasteiger partial charge is 0.507 e. The number of ether oxygens (including phenoxy) is 1. The van der Waals surface area contributed by atoms with E-state index in [9.17, 15) is 41.0 Å². The lowest BCUT2D eigenvalue weighted by molar-refractivity contribution is -0.358. The van der Waals surface area contributed by atoms with Gasteiger partial charge in [-0.05, 0) is 36.7 Å². The van der Waals surface area contributed by atoms with Crippen LogP contribution in [-0.4, -0.2) is 29.0 Å². The standard InChI is InChI=1S/C21H14F6O5/c1-19(20(22,23)24,21(25,26)27)32-17(29)12-8-6-11(7-9-12)10-14-16(28)13-4-2-3-5-15(13)31-18(14)30/h2-9,28H,10H2,1H3/i2D,3D,4D,5D. The Balaban J connectivity index is 1.95. The first kappa shape index (κ1) is 18.1. The number of carbonyl (C=O) groups excluding carboxylic acids is 1. The van der Waals surface area contributed by atoms with E-state index in [0.717, 1.165) is 24.3 Å². The van der Waals surface area contributed by atoms with E-state index in [0.29, 0.717) is 0 Å². The Morgan fingerprint density at radius 2 is 1.62 bits per heavy atom. The first-order valence-electron chi connectivity index (χ1n) is 10.6. The number of esters is 1. The van der Waals surface area contributed by atoms with Crippen molar-refractivity contribution >= 4 is 16.9 Å². The summed E-state index contributed by atoms with van der Waals surface area (Å²) >= 11 is 0. The van der Waals surface area contributed by atoms with E-state index >= 15 is 0 Å². The van der Waals surface area contributed by atoms with Crippen LogP contribution < -0.4 is 5.63 Å². The second-order valence-electron chi connectivity index (χ2n) is 6.71. The lowest BCUT2D eigenvalue weighted by Gasteiger charge is -2.33.